The molecule has 9 heteroatoms. The van der Waals surface area contributed by atoms with Crippen LogP contribution in [0.3, 0.4) is 0 Å². The van der Waals surface area contributed by atoms with Crippen LogP contribution in [0.4, 0.5) is 10.1 Å². The molecule has 2 aromatic carbocycles. The predicted molar refractivity (Wildman–Crippen MR) is 110 cm³/mol. The molecule has 1 unspecified atom stereocenters. The van der Waals surface area contributed by atoms with E-state index in [0.29, 0.717) is 29.6 Å². The Balaban J connectivity index is 1.34. The first-order chi connectivity index (χ1) is 15.1. The number of halogens is 1. The van der Waals surface area contributed by atoms with Crippen molar-refractivity contribution in [2.75, 3.05) is 18.6 Å². The van der Waals surface area contributed by atoms with Gasteiger partial charge in [0, 0.05) is 36.2 Å². The molecule has 1 fully saturated rings. The Bertz CT molecular complexity index is 1240. The molecule has 0 bridgehead atoms. The van der Waals surface area contributed by atoms with Crippen molar-refractivity contribution in [2.24, 2.45) is 0 Å². The molecule has 1 atom stereocenters. The Morgan fingerprint density at radius 3 is 2.81 bits per heavy atom. The van der Waals surface area contributed by atoms with Gasteiger partial charge in [0.1, 0.15) is 5.69 Å². The van der Waals surface area contributed by atoms with Crippen LogP contribution in [0.2, 0.25) is 0 Å². The first kappa shape index (κ1) is 19.0. The number of nitrogens with one attached hydrogen (secondary N) is 1. The average molecular weight is 419 g/mol. The van der Waals surface area contributed by atoms with E-state index >= 15 is 0 Å². The smallest absolute Gasteiger partial charge is 0.275 e. The van der Waals surface area contributed by atoms with E-state index in [4.69, 9.17) is 9.26 Å². The first-order valence-electron chi connectivity index (χ1n) is 9.71. The van der Waals surface area contributed by atoms with Gasteiger partial charge in [-0.15, -0.1) is 0 Å². The molecule has 0 saturated carbocycles. The highest BCUT2D eigenvalue weighted by Gasteiger charge is 2.35. The number of aromatic nitrogens is 4. The van der Waals surface area contributed by atoms with Crippen LogP contribution in [0.5, 0.6) is 5.75 Å². The van der Waals surface area contributed by atoms with Gasteiger partial charge in [-0.3, -0.25) is 9.89 Å². The van der Waals surface area contributed by atoms with Crippen molar-refractivity contribution in [1.29, 1.82) is 0 Å². The van der Waals surface area contributed by atoms with Gasteiger partial charge in [0.15, 0.2) is 17.4 Å². The molecule has 8 nitrogen and oxygen atoms in total. The number of carbonyl (C=O) groups excluding carboxylic acids is 1. The molecule has 0 aliphatic carbocycles. The number of amides is 1. The second kappa shape index (κ2) is 7.67. The molecule has 0 radical (unpaired) electrons. The number of hydrogen-bond donors (Lipinski definition) is 1. The SMILES string of the molecule is COc1ccc(N2CC(c3noc(-c4cc(-c5ccccc5)n[nH]4)n3)CC2=O)cc1F. The Morgan fingerprint density at radius 1 is 1.19 bits per heavy atom. The maximum absolute atomic E-state index is 14.1. The normalized spacial score (nSPS) is 16.1. The molecular weight excluding hydrogens is 401 g/mol. The number of anilines is 1. The van der Waals surface area contributed by atoms with Crippen molar-refractivity contribution in [3.63, 3.8) is 0 Å². The summed E-state index contributed by atoms with van der Waals surface area (Å²) in [5.74, 6) is -0.0574. The lowest BCUT2D eigenvalue weighted by Gasteiger charge is -2.16. The number of carbonyl (C=O) groups is 1. The number of ether oxygens (including phenoxy) is 1. The summed E-state index contributed by atoms with van der Waals surface area (Å²) in [6.45, 7) is 0.335. The molecule has 1 amide bonds. The van der Waals surface area contributed by atoms with Crippen molar-refractivity contribution in [3.8, 4) is 28.6 Å². The molecule has 2 aromatic heterocycles. The van der Waals surface area contributed by atoms with Gasteiger partial charge in [-0.1, -0.05) is 35.5 Å². The standard InChI is InChI=1S/C22H18FN5O3/c1-30-19-8-7-15(10-16(19)23)28-12-14(9-20(28)29)21-24-22(31-27-21)18-11-17(25-26-18)13-5-3-2-4-6-13/h2-8,10-11,14H,9,12H2,1H3,(H,25,26). The monoisotopic (exact) mass is 419 g/mol. The van der Waals surface area contributed by atoms with Crippen molar-refractivity contribution in [2.45, 2.75) is 12.3 Å². The van der Waals surface area contributed by atoms with Crippen molar-refractivity contribution in [3.05, 3.63) is 66.2 Å². The number of nitrogens with zero attached hydrogens (tertiary/aromatic N) is 4. The van der Waals surface area contributed by atoms with E-state index in [9.17, 15) is 9.18 Å². The fourth-order valence-corrected chi connectivity index (χ4v) is 3.65. The molecular formula is C22H18FN5O3. The third-order valence-corrected chi connectivity index (χ3v) is 5.26. The second-order valence-corrected chi connectivity index (χ2v) is 7.21. The van der Waals surface area contributed by atoms with Crippen LogP contribution in [-0.4, -0.2) is 39.9 Å². The highest BCUT2D eigenvalue weighted by Crippen LogP contribution is 2.33. The van der Waals surface area contributed by atoms with E-state index in [0.717, 1.165) is 11.3 Å². The summed E-state index contributed by atoms with van der Waals surface area (Å²) in [5.41, 5.74) is 2.79. The Labute approximate surface area is 176 Å². The van der Waals surface area contributed by atoms with Crippen LogP contribution in [0.15, 0.2) is 59.1 Å². The van der Waals surface area contributed by atoms with Gasteiger partial charge >= 0.3 is 0 Å². The van der Waals surface area contributed by atoms with Crippen molar-refractivity contribution >= 4 is 11.6 Å². The zero-order chi connectivity index (χ0) is 21.4. The molecule has 156 valence electrons. The number of aromatic amines is 1. The molecule has 31 heavy (non-hydrogen) atoms. The van der Waals surface area contributed by atoms with E-state index in [1.807, 2.05) is 36.4 Å². The summed E-state index contributed by atoms with van der Waals surface area (Å²) in [5, 5.41) is 11.3. The number of hydrogen-bond acceptors (Lipinski definition) is 6. The summed E-state index contributed by atoms with van der Waals surface area (Å²) in [6, 6.07) is 16.0. The lowest BCUT2D eigenvalue weighted by molar-refractivity contribution is -0.117. The summed E-state index contributed by atoms with van der Waals surface area (Å²) in [7, 11) is 1.39. The van der Waals surface area contributed by atoms with E-state index in [-0.39, 0.29) is 24.0 Å². The predicted octanol–water partition coefficient (Wildman–Crippen LogP) is 3.79. The Morgan fingerprint density at radius 2 is 2.03 bits per heavy atom. The van der Waals surface area contributed by atoms with Crippen LogP contribution in [0, 0.1) is 5.82 Å². The van der Waals surface area contributed by atoms with Crippen molar-refractivity contribution < 1.29 is 18.4 Å². The minimum atomic E-state index is -0.522. The van der Waals surface area contributed by atoms with Gasteiger partial charge in [-0.05, 0) is 18.2 Å². The summed E-state index contributed by atoms with van der Waals surface area (Å²) in [4.78, 5) is 18.5. The quantitative estimate of drug-likeness (QED) is 0.529. The van der Waals surface area contributed by atoms with Crippen LogP contribution in [-0.2, 0) is 4.79 Å². The summed E-state index contributed by atoms with van der Waals surface area (Å²) in [6.07, 6.45) is 0.213. The van der Waals surface area contributed by atoms with Gasteiger partial charge in [0.05, 0.1) is 12.8 Å². The number of benzene rings is 2. The molecule has 5 rings (SSSR count). The minimum absolute atomic E-state index is 0.129. The molecule has 1 saturated heterocycles. The van der Waals surface area contributed by atoms with Crippen LogP contribution < -0.4 is 9.64 Å². The maximum atomic E-state index is 14.1. The molecule has 1 aliphatic heterocycles. The van der Waals surface area contributed by atoms with Gasteiger partial charge in [-0.25, -0.2) is 4.39 Å². The average Bonchev–Trinajstić information content (AvgIpc) is 3.53. The maximum Gasteiger partial charge on any atom is 0.275 e. The number of methoxy groups -OCH3 is 1. The second-order valence-electron chi connectivity index (χ2n) is 7.21. The third kappa shape index (κ3) is 3.54. The minimum Gasteiger partial charge on any atom is -0.494 e. The van der Waals surface area contributed by atoms with E-state index in [2.05, 4.69) is 20.3 Å². The van der Waals surface area contributed by atoms with Gasteiger partial charge in [0.25, 0.3) is 5.89 Å². The van der Waals surface area contributed by atoms with Crippen LogP contribution >= 0.6 is 0 Å². The van der Waals surface area contributed by atoms with E-state index in [1.165, 1.54) is 24.1 Å². The number of rotatable bonds is 5. The van der Waals surface area contributed by atoms with Crippen LogP contribution in [0.25, 0.3) is 22.8 Å². The third-order valence-electron chi connectivity index (χ3n) is 5.26. The molecule has 4 aromatic rings. The largest absolute Gasteiger partial charge is 0.494 e. The van der Waals surface area contributed by atoms with E-state index < -0.39 is 5.82 Å². The van der Waals surface area contributed by atoms with Crippen LogP contribution in [0.1, 0.15) is 18.2 Å². The Hall–Kier alpha value is -4.01. The Kier molecular flexibility index (Phi) is 4.70. The summed E-state index contributed by atoms with van der Waals surface area (Å²) >= 11 is 0. The molecule has 1 aliphatic rings. The van der Waals surface area contributed by atoms with Gasteiger partial charge in [-0.2, -0.15) is 10.1 Å². The fraction of sp³-hybridized carbons (Fsp3) is 0.182. The highest BCUT2D eigenvalue weighted by atomic mass is 19.1. The zero-order valence-electron chi connectivity index (χ0n) is 16.6. The zero-order valence-corrected chi connectivity index (χ0v) is 16.6. The van der Waals surface area contributed by atoms with Gasteiger partial charge in [0.2, 0.25) is 5.91 Å². The topological polar surface area (TPSA) is 97.1 Å². The molecule has 1 N–H and O–H groups in total. The molecule has 3 heterocycles. The first-order valence-corrected chi connectivity index (χ1v) is 9.71. The van der Waals surface area contributed by atoms with Gasteiger partial charge < -0.3 is 14.2 Å². The lowest BCUT2D eigenvalue weighted by atomic mass is 10.1. The fourth-order valence-electron chi connectivity index (χ4n) is 3.65. The highest BCUT2D eigenvalue weighted by molar-refractivity contribution is 5.96. The lowest BCUT2D eigenvalue weighted by Crippen LogP contribution is -2.24. The van der Waals surface area contributed by atoms with E-state index in [1.54, 1.807) is 6.07 Å². The number of H-pyrrole nitrogens is 1. The molecule has 0 spiro atoms. The van der Waals surface area contributed by atoms with Crippen molar-refractivity contribution in [1.82, 2.24) is 20.3 Å². The summed E-state index contributed by atoms with van der Waals surface area (Å²) < 4.78 is 24.4.